The van der Waals surface area contributed by atoms with Gasteiger partial charge in [0.2, 0.25) is 0 Å². The Labute approximate surface area is 101 Å². The van der Waals surface area contributed by atoms with E-state index in [4.69, 9.17) is 35.0 Å². The molecule has 0 saturated carbocycles. The molecule has 0 aliphatic rings. The van der Waals surface area contributed by atoms with Crippen LogP contribution in [0.25, 0.3) is 0 Å². The molecule has 0 unspecified atom stereocenters. The summed E-state index contributed by atoms with van der Waals surface area (Å²) in [5, 5.41) is 0. The molecule has 0 aromatic rings. The highest BCUT2D eigenvalue weighted by Gasteiger charge is 1.85. The molecule has 0 spiro atoms. The predicted octanol–water partition coefficient (Wildman–Crippen LogP) is -3.14. The van der Waals surface area contributed by atoms with Crippen molar-refractivity contribution in [3.05, 3.63) is 0 Å². The van der Waals surface area contributed by atoms with E-state index in [1.54, 1.807) is 0 Å². The fourth-order valence-corrected chi connectivity index (χ4v) is 0. The Morgan fingerprint density at radius 2 is 0.583 bits per heavy atom. The van der Waals surface area contributed by atoms with Crippen LogP contribution < -0.4 is 0 Å². The Morgan fingerprint density at radius 1 is 0.583 bits per heavy atom. The molecule has 0 aliphatic carbocycles. The average molecular weight is 249 g/mol. The maximum Gasteiger partial charge on any atom is 0.394 e. The lowest BCUT2D eigenvalue weighted by molar-refractivity contribution is 0.378. The third-order valence-electron chi connectivity index (χ3n) is 0. The molecule has 0 heterocycles. The third kappa shape index (κ3) is 735. The minimum atomic E-state index is -4.67. The van der Waals surface area contributed by atoms with Gasteiger partial charge < -0.3 is 0 Å². The zero-order valence-electron chi connectivity index (χ0n) is 4.24. The predicted molar refractivity (Wildman–Crippen MR) is 45.4 cm³/mol. The van der Waals surface area contributed by atoms with E-state index in [9.17, 15) is 0 Å². The van der Waals surface area contributed by atoms with E-state index >= 15 is 0 Å². The molecule has 0 fully saturated rings. The van der Waals surface area contributed by atoms with Crippen LogP contribution >= 0.6 is 0 Å². The first-order chi connectivity index (χ1) is 4.00. The lowest BCUT2D eigenvalue weighted by Gasteiger charge is -1.68. The summed E-state index contributed by atoms with van der Waals surface area (Å²) in [6.07, 6.45) is 0. The van der Waals surface area contributed by atoms with Crippen molar-refractivity contribution >= 4 is 66.9 Å². The first kappa shape index (κ1) is 23.3. The molecule has 12 heavy (non-hydrogen) atoms. The first-order valence-electron chi connectivity index (χ1n) is 1.40. The zero-order valence-corrected chi connectivity index (χ0v) is 5.87. The van der Waals surface area contributed by atoms with E-state index in [0.29, 0.717) is 0 Å². The minimum Gasteiger partial charge on any atom is -0.264 e. The summed E-state index contributed by atoms with van der Waals surface area (Å²) >= 11 is 0. The molecule has 72 valence electrons. The van der Waals surface area contributed by atoms with Gasteiger partial charge in [0.25, 0.3) is 0 Å². The van der Waals surface area contributed by atoms with Crippen molar-refractivity contribution < 1.29 is 35.0 Å². The van der Waals surface area contributed by atoms with E-state index in [0.717, 1.165) is 0 Å². The summed E-state index contributed by atoms with van der Waals surface area (Å²) in [5.74, 6) is 0. The summed E-state index contributed by atoms with van der Waals surface area (Å²) in [5.41, 5.74) is 0. The van der Waals surface area contributed by atoms with Crippen LogP contribution in [0.4, 0.5) is 0 Å². The van der Waals surface area contributed by atoms with Crippen LogP contribution in [-0.4, -0.2) is 81.2 Å². The summed E-state index contributed by atoms with van der Waals surface area (Å²) < 4.78 is 63.2. The number of hydrogen-bond donors (Lipinski definition) is 4. The highest BCUT2D eigenvalue weighted by Crippen LogP contribution is 1.59. The second-order valence-electron chi connectivity index (χ2n) is 0.896. The van der Waals surface area contributed by atoms with Crippen LogP contribution in [0.3, 0.4) is 0 Å². The van der Waals surface area contributed by atoms with Crippen molar-refractivity contribution in [1.29, 1.82) is 0 Å². The van der Waals surface area contributed by atoms with Crippen molar-refractivity contribution in [2.75, 3.05) is 0 Å². The fourth-order valence-electron chi connectivity index (χ4n) is 0. The third-order valence-corrected chi connectivity index (χ3v) is 0. The molecule has 0 saturated heterocycles. The molecule has 0 atom stereocenters. The molecule has 0 aromatic carbocycles. The molecule has 0 rings (SSSR count). The Balaban J connectivity index is -0.0000000457. The zero-order chi connectivity index (χ0) is 9.00. The van der Waals surface area contributed by atoms with Crippen molar-refractivity contribution in [2.24, 2.45) is 0 Å². The monoisotopic (exact) mass is 248 g/mol. The van der Waals surface area contributed by atoms with Gasteiger partial charge in [-0.25, -0.2) is 0 Å². The minimum absolute atomic E-state index is 0. The van der Waals surface area contributed by atoms with Gasteiger partial charge in [0.1, 0.15) is 0 Å². The van der Waals surface area contributed by atoms with Gasteiger partial charge in [0.05, 0.1) is 0 Å². The Hall–Kier alpha value is 1.27. The summed E-state index contributed by atoms with van der Waals surface area (Å²) in [4.78, 5) is 0. The maximum atomic E-state index is 8.74. The molecule has 0 aromatic heterocycles. The number of hydrogen-bond acceptors (Lipinski definition) is 4. The normalized spacial score (nSPS) is 9.67. The van der Waals surface area contributed by atoms with E-state index in [1.165, 1.54) is 0 Å². The molecule has 8 nitrogen and oxygen atoms in total. The van der Waals surface area contributed by atoms with Gasteiger partial charge in [-0.05, 0) is 0 Å². The highest BCUT2D eigenvalue weighted by molar-refractivity contribution is 7.80. The molecule has 0 amide bonds. The smallest absolute Gasteiger partial charge is 0.264 e. The van der Waals surface area contributed by atoms with Gasteiger partial charge in [0, 0.05) is 0 Å². The standard InChI is InChI=1S/2Mg.2H2O4S.4H/c;;2*1-5(2,3)4;;;;/h;;2*(H2,1,2,3,4);;;;. The molecule has 4 N–H and O–H groups in total. The maximum absolute atomic E-state index is 8.74. The fraction of sp³-hybridized carbons (Fsp3) is 0. The van der Waals surface area contributed by atoms with Crippen molar-refractivity contribution in [3.8, 4) is 0 Å². The Bertz CT molecular complexity index is 211. The van der Waals surface area contributed by atoms with Crippen LogP contribution in [0.1, 0.15) is 0 Å². The molecule has 0 aliphatic heterocycles. The Morgan fingerprint density at radius 3 is 0.583 bits per heavy atom. The topological polar surface area (TPSA) is 149 Å². The summed E-state index contributed by atoms with van der Waals surface area (Å²) in [6, 6.07) is 0. The van der Waals surface area contributed by atoms with Gasteiger partial charge in [-0.3, -0.25) is 18.2 Å². The largest absolute Gasteiger partial charge is 0.394 e. The van der Waals surface area contributed by atoms with Gasteiger partial charge in [0.15, 0.2) is 0 Å². The van der Waals surface area contributed by atoms with Crippen LogP contribution in [0.2, 0.25) is 0 Å². The van der Waals surface area contributed by atoms with Gasteiger partial charge in [-0.1, -0.05) is 0 Å². The van der Waals surface area contributed by atoms with Crippen molar-refractivity contribution in [2.45, 2.75) is 0 Å². The SMILES string of the molecule is O=S(=O)(O)O.O=S(=O)(O)O.[MgH2].[MgH2]. The molecule has 12 heteroatoms. The second kappa shape index (κ2) is 8.85. The van der Waals surface area contributed by atoms with Crippen molar-refractivity contribution in [3.63, 3.8) is 0 Å². The lowest BCUT2D eigenvalue weighted by Crippen LogP contribution is -1.89. The molecule has 0 radical (unpaired) electrons. The van der Waals surface area contributed by atoms with Crippen LogP contribution in [0, 0.1) is 0 Å². The average Bonchev–Trinajstić information content (AvgIpc) is 1.12. The van der Waals surface area contributed by atoms with Crippen LogP contribution in [0.5, 0.6) is 0 Å². The molecular weight excluding hydrogens is 241 g/mol. The second-order valence-corrected chi connectivity index (χ2v) is 2.69. The van der Waals surface area contributed by atoms with Gasteiger partial charge in [-0.15, -0.1) is 0 Å². The van der Waals surface area contributed by atoms with E-state index in [2.05, 4.69) is 0 Å². The lowest BCUT2D eigenvalue weighted by atomic mass is 15.8. The van der Waals surface area contributed by atoms with E-state index in [1.807, 2.05) is 0 Å². The first-order valence-corrected chi connectivity index (χ1v) is 4.19. The molecule has 0 bridgehead atoms. The van der Waals surface area contributed by atoms with Gasteiger partial charge >= 0.3 is 66.9 Å². The Kier molecular flexibility index (Phi) is 17.2. The van der Waals surface area contributed by atoms with Crippen molar-refractivity contribution in [1.82, 2.24) is 0 Å². The highest BCUT2D eigenvalue weighted by atomic mass is 32.3. The van der Waals surface area contributed by atoms with Crippen LogP contribution in [-0.2, 0) is 20.8 Å². The number of rotatable bonds is 0. The molecular formula is H8Mg2O8S2. The van der Waals surface area contributed by atoms with E-state index < -0.39 is 20.8 Å². The summed E-state index contributed by atoms with van der Waals surface area (Å²) in [6.45, 7) is 0. The summed E-state index contributed by atoms with van der Waals surface area (Å²) in [7, 11) is -9.33. The van der Waals surface area contributed by atoms with E-state index in [-0.39, 0.29) is 46.1 Å². The van der Waals surface area contributed by atoms with Crippen LogP contribution in [0.15, 0.2) is 0 Å². The van der Waals surface area contributed by atoms with Gasteiger partial charge in [-0.2, -0.15) is 16.8 Å². The quantitative estimate of drug-likeness (QED) is 0.260.